The summed E-state index contributed by atoms with van der Waals surface area (Å²) in [6, 6.07) is 10.4. The minimum Gasteiger partial charge on any atom is -0.370 e. The zero-order valence-corrected chi connectivity index (χ0v) is 8.52. The number of hydrogen-bond acceptors (Lipinski definition) is 1. The Kier molecular flexibility index (Phi) is 2.69. The fourth-order valence-electron chi connectivity index (χ4n) is 2.02. The standard InChI is InChI=1S/C13H16O/c1-3-11-9-13(14-10(11)2)12-7-5-4-6-8-12/h3-8,10-11,13H,1,9H2,2H3/t10-,11-,13-/m1/s1. The van der Waals surface area contributed by atoms with Crippen molar-refractivity contribution < 1.29 is 4.74 Å². The van der Waals surface area contributed by atoms with Crippen LogP contribution in [0.3, 0.4) is 0 Å². The maximum absolute atomic E-state index is 5.88. The summed E-state index contributed by atoms with van der Waals surface area (Å²) in [5.74, 6) is 0.500. The molecule has 1 nitrogen and oxygen atoms in total. The van der Waals surface area contributed by atoms with Crippen LogP contribution in [-0.2, 0) is 4.74 Å². The van der Waals surface area contributed by atoms with Crippen LogP contribution in [0.25, 0.3) is 0 Å². The minimum absolute atomic E-state index is 0.259. The molecule has 1 fully saturated rings. The van der Waals surface area contributed by atoms with Gasteiger partial charge in [-0.1, -0.05) is 36.4 Å². The maximum atomic E-state index is 5.88. The molecule has 1 aliphatic heterocycles. The van der Waals surface area contributed by atoms with Crippen molar-refractivity contribution in [2.24, 2.45) is 5.92 Å². The molecule has 0 bridgehead atoms. The Labute approximate surface area is 85.4 Å². The first-order valence-corrected chi connectivity index (χ1v) is 5.14. The number of rotatable bonds is 2. The maximum Gasteiger partial charge on any atom is 0.0835 e. The summed E-state index contributed by atoms with van der Waals surface area (Å²) in [6.45, 7) is 5.96. The molecule has 1 heteroatoms. The van der Waals surface area contributed by atoms with Crippen molar-refractivity contribution >= 4 is 0 Å². The molecule has 74 valence electrons. The molecule has 1 saturated heterocycles. The second-order valence-corrected chi connectivity index (χ2v) is 3.88. The van der Waals surface area contributed by atoms with E-state index in [9.17, 15) is 0 Å². The summed E-state index contributed by atoms with van der Waals surface area (Å²) in [6.07, 6.45) is 3.63. The van der Waals surface area contributed by atoms with Crippen LogP contribution in [0.5, 0.6) is 0 Å². The van der Waals surface area contributed by atoms with E-state index in [0.29, 0.717) is 12.0 Å². The van der Waals surface area contributed by atoms with Gasteiger partial charge in [-0.05, 0) is 18.9 Å². The van der Waals surface area contributed by atoms with Gasteiger partial charge in [-0.3, -0.25) is 0 Å². The van der Waals surface area contributed by atoms with Gasteiger partial charge in [0.05, 0.1) is 12.2 Å². The van der Waals surface area contributed by atoms with Gasteiger partial charge in [0, 0.05) is 5.92 Å². The van der Waals surface area contributed by atoms with Gasteiger partial charge in [0.25, 0.3) is 0 Å². The van der Waals surface area contributed by atoms with Gasteiger partial charge >= 0.3 is 0 Å². The second kappa shape index (κ2) is 3.97. The zero-order chi connectivity index (χ0) is 9.97. The third-order valence-corrected chi connectivity index (χ3v) is 2.94. The molecule has 0 radical (unpaired) electrons. The normalized spacial score (nSPS) is 31.6. The van der Waals surface area contributed by atoms with Crippen LogP contribution in [0.2, 0.25) is 0 Å². The summed E-state index contributed by atoms with van der Waals surface area (Å²) in [5.41, 5.74) is 1.28. The molecule has 0 unspecified atom stereocenters. The molecule has 1 aromatic carbocycles. The van der Waals surface area contributed by atoms with E-state index < -0.39 is 0 Å². The molecule has 0 aromatic heterocycles. The molecule has 1 aliphatic rings. The van der Waals surface area contributed by atoms with Crippen molar-refractivity contribution in [3.05, 3.63) is 48.6 Å². The average molecular weight is 188 g/mol. The Morgan fingerprint density at radius 2 is 2.07 bits per heavy atom. The van der Waals surface area contributed by atoms with Gasteiger partial charge < -0.3 is 4.74 Å². The lowest BCUT2D eigenvalue weighted by Crippen LogP contribution is -2.07. The monoisotopic (exact) mass is 188 g/mol. The summed E-state index contributed by atoms with van der Waals surface area (Å²) in [5, 5.41) is 0. The van der Waals surface area contributed by atoms with Crippen LogP contribution in [0.1, 0.15) is 25.0 Å². The number of hydrogen-bond donors (Lipinski definition) is 0. The lowest BCUT2D eigenvalue weighted by Gasteiger charge is -2.10. The van der Waals surface area contributed by atoms with E-state index in [-0.39, 0.29) is 6.10 Å². The van der Waals surface area contributed by atoms with Gasteiger partial charge in [0.2, 0.25) is 0 Å². The van der Waals surface area contributed by atoms with E-state index in [1.165, 1.54) is 5.56 Å². The Morgan fingerprint density at radius 1 is 1.36 bits per heavy atom. The average Bonchev–Trinajstić information content (AvgIpc) is 2.61. The van der Waals surface area contributed by atoms with Gasteiger partial charge in [0.15, 0.2) is 0 Å². The van der Waals surface area contributed by atoms with Crippen molar-refractivity contribution in [3.63, 3.8) is 0 Å². The molecule has 2 rings (SSSR count). The third-order valence-electron chi connectivity index (χ3n) is 2.94. The van der Waals surface area contributed by atoms with Crippen LogP contribution in [0.15, 0.2) is 43.0 Å². The molecular formula is C13H16O. The van der Waals surface area contributed by atoms with Gasteiger partial charge in [-0.25, -0.2) is 0 Å². The van der Waals surface area contributed by atoms with E-state index in [1.807, 2.05) is 12.1 Å². The molecule has 0 N–H and O–H groups in total. The largest absolute Gasteiger partial charge is 0.370 e. The zero-order valence-electron chi connectivity index (χ0n) is 8.52. The first kappa shape index (κ1) is 9.47. The van der Waals surface area contributed by atoms with Crippen molar-refractivity contribution in [1.29, 1.82) is 0 Å². The highest BCUT2D eigenvalue weighted by Crippen LogP contribution is 2.36. The van der Waals surface area contributed by atoms with Crippen molar-refractivity contribution in [1.82, 2.24) is 0 Å². The molecule has 1 heterocycles. The highest BCUT2D eigenvalue weighted by molar-refractivity contribution is 5.19. The molecule has 0 aliphatic carbocycles. The lowest BCUT2D eigenvalue weighted by atomic mass is 9.97. The SMILES string of the molecule is C=C[C@@H]1C[C@H](c2ccccc2)O[C@@H]1C. The van der Waals surface area contributed by atoms with Crippen molar-refractivity contribution in [3.8, 4) is 0 Å². The minimum atomic E-state index is 0.259. The topological polar surface area (TPSA) is 9.23 Å². The molecule has 0 amide bonds. The highest BCUT2D eigenvalue weighted by Gasteiger charge is 2.30. The second-order valence-electron chi connectivity index (χ2n) is 3.88. The molecular weight excluding hydrogens is 172 g/mol. The predicted octanol–water partition coefficient (Wildman–Crippen LogP) is 3.34. The van der Waals surface area contributed by atoms with Gasteiger partial charge in [-0.2, -0.15) is 0 Å². The summed E-state index contributed by atoms with van der Waals surface area (Å²) < 4.78 is 5.88. The van der Waals surface area contributed by atoms with E-state index in [1.54, 1.807) is 0 Å². The fourth-order valence-corrected chi connectivity index (χ4v) is 2.02. The number of ether oxygens (including phenoxy) is 1. The first-order chi connectivity index (χ1) is 6.81. The van der Waals surface area contributed by atoms with Crippen LogP contribution >= 0.6 is 0 Å². The highest BCUT2D eigenvalue weighted by atomic mass is 16.5. The van der Waals surface area contributed by atoms with E-state index in [2.05, 4.69) is 37.8 Å². The summed E-state index contributed by atoms with van der Waals surface area (Å²) in [7, 11) is 0. The molecule has 1 aromatic rings. The van der Waals surface area contributed by atoms with Crippen molar-refractivity contribution in [2.45, 2.75) is 25.6 Å². The number of benzene rings is 1. The summed E-state index contributed by atoms with van der Waals surface area (Å²) >= 11 is 0. The Balaban J connectivity index is 2.12. The molecule has 14 heavy (non-hydrogen) atoms. The fraction of sp³-hybridized carbons (Fsp3) is 0.385. The molecule has 0 spiro atoms. The van der Waals surface area contributed by atoms with Crippen LogP contribution in [0, 0.1) is 5.92 Å². The van der Waals surface area contributed by atoms with Gasteiger partial charge in [0.1, 0.15) is 0 Å². The quantitative estimate of drug-likeness (QED) is 0.647. The molecule has 0 saturated carbocycles. The van der Waals surface area contributed by atoms with E-state index >= 15 is 0 Å². The lowest BCUT2D eigenvalue weighted by molar-refractivity contribution is 0.0497. The van der Waals surface area contributed by atoms with E-state index in [4.69, 9.17) is 4.74 Å². The first-order valence-electron chi connectivity index (χ1n) is 5.14. The van der Waals surface area contributed by atoms with Gasteiger partial charge in [-0.15, -0.1) is 6.58 Å². The Bertz CT molecular complexity index is 304. The van der Waals surface area contributed by atoms with Crippen LogP contribution in [0.4, 0.5) is 0 Å². The Hall–Kier alpha value is -1.08. The van der Waals surface area contributed by atoms with Crippen LogP contribution in [-0.4, -0.2) is 6.10 Å². The molecule has 3 atom stereocenters. The summed E-state index contributed by atoms with van der Waals surface area (Å²) in [4.78, 5) is 0. The third kappa shape index (κ3) is 1.73. The van der Waals surface area contributed by atoms with Crippen molar-refractivity contribution in [2.75, 3.05) is 0 Å². The Morgan fingerprint density at radius 3 is 2.64 bits per heavy atom. The van der Waals surface area contributed by atoms with Crippen LogP contribution < -0.4 is 0 Å². The van der Waals surface area contributed by atoms with E-state index in [0.717, 1.165) is 6.42 Å². The predicted molar refractivity (Wildman–Crippen MR) is 58.0 cm³/mol. The smallest absolute Gasteiger partial charge is 0.0835 e.